The molecule has 5 nitrogen and oxygen atoms in total. The van der Waals surface area contributed by atoms with Crippen molar-refractivity contribution in [1.29, 1.82) is 0 Å². The molecule has 0 bridgehead atoms. The molecule has 0 aliphatic carbocycles. The molecule has 1 aliphatic heterocycles. The van der Waals surface area contributed by atoms with Crippen LogP contribution in [0.2, 0.25) is 0 Å². The van der Waals surface area contributed by atoms with Gasteiger partial charge in [0.15, 0.2) is 4.96 Å². The van der Waals surface area contributed by atoms with Crippen molar-refractivity contribution in [2.24, 2.45) is 0 Å². The molecule has 0 atom stereocenters. The van der Waals surface area contributed by atoms with Crippen LogP contribution in [0.3, 0.4) is 0 Å². The Balaban J connectivity index is 1.51. The van der Waals surface area contributed by atoms with Gasteiger partial charge >= 0.3 is 0 Å². The predicted octanol–water partition coefficient (Wildman–Crippen LogP) is 3.20. The number of benzene rings is 1. The molecule has 3 aromatic heterocycles. The van der Waals surface area contributed by atoms with Gasteiger partial charge in [-0.3, -0.25) is 4.40 Å². The van der Waals surface area contributed by atoms with E-state index in [4.69, 9.17) is 4.98 Å². The van der Waals surface area contributed by atoms with Crippen LogP contribution in [-0.4, -0.2) is 32.3 Å². The molecule has 0 spiro atoms. The Kier molecular flexibility index (Phi) is 2.99. The minimum Gasteiger partial charge on any atom is -0.317 e. The van der Waals surface area contributed by atoms with Gasteiger partial charge in [-0.15, -0.1) is 0 Å². The Morgan fingerprint density at radius 3 is 2.78 bits per heavy atom. The van der Waals surface area contributed by atoms with Gasteiger partial charge in [0.25, 0.3) is 0 Å². The van der Waals surface area contributed by atoms with Gasteiger partial charge in [0, 0.05) is 29.9 Å². The number of imidazole rings is 1. The van der Waals surface area contributed by atoms with E-state index in [1.165, 1.54) is 18.5 Å². The van der Waals surface area contributed by atoms with Crippen LogP contribution in [0.4, 0.5) is 0 Å². The van der Waals surface area contributed by atoms with Crippen LogP contribution in [0.15, 0.2) is 42.9 Å². The standard InChI is InChI=1S/C17H17N5S/c1-2-4-14-13(3-1)9-22(20-14)16-11-21-10-15(19-17(21)23-16)12-5-7-18-8-6-12/h1-4,9-12,18H,5-8H2. The first kappa shape index (κ1) is 13.3. The number of piperidine rings is 1. The summed E-state index contributed by atoms with van der Waals surface area (Å²) >= 11 is 1.69. The van der Waals surface area contributed by atoms with E-state index in [1.807, 2.05) is 22.9 Å². The Bertz CT molecular complexity index is 909. The summed E-state index contributed by atoms with van der Waals surface area (Å²) in [6.07, 6.45) is 8.76. The van der Waals surface area contributed by atoms with Crippen molar-refractivity contribution in [3.8, 4) is 5.00 Å². The molecule has 4 aromatic rings. The van der Waals surface area contributed by atoms with Gasteiger partial charge in [-0.2, -0.15) is 5.10 Å². The van der Waals surface area contributed by atoms with Crippen molar-refractivity contribution in [3.63, 3.8) is 0 Å². The molecule has 1 N–H and O–H groups in total. The lowest BCUT2D eigenvalue weighted by atomic mass is 9.95. The summed E-state index contributed by atoms with van der Waals surface area (Å²) in [6.45, 7) is 2.20. The number of thiazole rings is 1. The van der Waals surface area contributed by atoms with E-state index in [0.29, 0.717) is 5.92 Å². The monoisotopic (exact) mass is 323 g/mol. The number of rotatable bonds is 2. The maximum atomic E-state index is 4.85. The summed E-state index contributed by atoms with van der Waals surface area (Å²) in [5.41, 5.74) is 2.25. The smallest absolute Gasteiger partial charge is 0.195 e. The van der Waals surface area contributed by atoms with Crippen LogP contribution in [-0.2, 0) is 0 Å². The second-order valence-corrected chi connectivity index (χ2v) is 7.07. The molecular weight excluding hydrogens is 306 g/mol. The Morgan fingerprint density at radius 2 is 1.96 bits per heavy atom. The zero-order valence-corrected chi connectivity index (χ0v) is 13.5. The second-order valence-electron chi connectivity index (χ2n) is 6.08. The van der Waals surface area contributed by atoms with E-state index in [2.05, 4.69) is 39.5 Å². The van der Waals surface area contributed by atoms with Gasteiger partial charge in [-0.1, -0.05) is 29.5 Å². The lowest BCUT2D eigenvalue weighted by Crippen LogP contribution is -2.26. The average molecular weight is 323 g/mol. The van der Waals surface area contributed by atoms with E-state index in [9.17, 15) is 0 Å². The first-order valence-electron chi connectivity index (χ1n) is 8.01. The largest absolute Gasteiger partial charge is 0.317 e. The molecule has 23 heavy (non-hydrogen) atoms. The highest BCUT2D eigenvalue weighted by Crippen LogP contribution is 2.28. The quantitative estimate of drug-likeness (QED) is 0.616. The third-order valence-electron chi connectivity index (χ3n) is 4.56. The van der Waals surface area contributed by atoms with Gasteiger partial charge < -0.3 is 5.32 Å². The maximum Gasteiger partial charge on any atom is 0.195 e. The molecule has 5 rings (SSSR count). The summed E-state index contributed by atoms with van der Waals surface area (Å²) in [5.74, 6) is 0.596. The van der Waals surface area contributed by atoms with Crippen molar-refractivity contribution in [2.45, 2.75) is 18.8 Å². The van der Waals surface area contributed by atoms with Crippen LogP contribution < -0.4 is 5.32 Å². The highest BCUT2D eigenvalue weighted by Gasteiger charge is 2.19. The first-order chi connectivity index (χ1) is 11.4. The average Bonchev–Trinajstić information content (AvgIpc) is 3.27. The van der Waals surface area contributed by atoms with Crippen molar-refractivity contribution in [1.82, 2.24) is 24.5 Å². The zero-order valence-electron chi connectivity index (χ0n) is 12.6. The molecule has 0 saturated carbocycles. The van der Waals surface area contributed by atoms with Crippen LogP contribution in [0.5, 0.6) is 0 Å². The van der Waals surface area contributed by atoms with Gasteiger partial charge in [0.2, 0.25) is 0 Å². The summed E-state index contributed by atoms with van der Waals surface area (Å²) in [7, 11) is 0. The summed E-state index contributed by atoms with van der Waals surface area (Å²) in [5, 5.41) is 10.3. The van der Waals surface area contributed by atoms with Crippen LogP contribution in [0.1, 0.15) is 24.5 Å². The number of aromatic nitrogens is 4. The molecule has 4 heterocycles. The fourth-order valence-electron chi connectivity index (χ4n) is 3.30. The third kappa shape index (κ3) is 2.26. The van der Waals surface area contributed by atoms with E-state index in [1.54, 1.807) is 11.3 Å². The van der Waals surface area contributed by atoms with Crippen LogP contribution in [0, 0.1) is 0 Å². The van der Waals surface area contributed by atoms with Gasteiger partial charge in [0.1, 0.15) is 5.00 Å². The van der Waals surface area contributed by atoms with Crippen LogP contribution >= 0.6 is 11.3 Å². The number of hydrogen-bond acceptors (Lipinski definition) is 4. The summed E-state index contributed by atoms with van der Waals surface area (Å²) in [4.78, 5) is 5.90. The molecule has 0 amide bonds. The van der Waals surface area contributed by atoms with E-state index in [-0.39, 0.29) is 0 Å². The predicted molar refractivity (Wildman–Crippen MR) is 92.5 cm³/mol. The highest BCUT2D eigenvalue weighted by molar-refractivity contribution is 7.19. The lowest BCUT2D eigenvalue weighted by Gasteiger charge is -2.20. The fourth-order valence-corrected chi connectivity index (χ4v) is 4.20. The van der Waals surface area contributed by atoms with Gasteiger partial charge in [-0.05, 0) is 32.0 Å². The summed E-state index contributed by atoms with van der Waals surface area (Å²) < 4.78 is 4.10. The topological polar surface area (TPSA) is 47.1 Å². The molecule has 6 heteroatoms. The van der Waals surface area contributed by atoms with Crippen molar-refractivity contribution >= 4 is 27.2 Å². The van der Waals surface area contributed by atoms with Crippen LogP contribution in [0.25, 0.3) is 20.9 Å². The van der Waals surface area contributed by atoms with Gasteiger partial charge in [-0.25, -0.2) is 9.67 Å². The first-order valence-corrected chi connectivity index (χ1v) is 8.82. The molecule has 1 fully saturated rings. The Labute approximate surface area is 137 Å². The van der Waals surface area contributed by atoms with Crippen molar-refractivity contribution < 1.29 is 0 Å². The fraction of sp³-hybridized carbons (Fsp3) is 0.294. The Hall–Kier alpha value is -2.18. The molecule has 0 unspecified atom stereocenters. The second kappa shape index (κ2) is 5.18. The van der Waals surface area contributed by atoms with Crippen molar-refractivity contribution in [2.75, 3.05) is 13.1 Å². The van der Waals surface area contributed by atoms with Crippen molar-refractivity contribution in [3.05, 3.63) is 48.5 Å². The van der Waals surface area contributed by atoms with Gasteiger partial charge in [0.05, 0.1) is 11.2 Å². The maximum absolute atomic E-state index is 4.85. The molecule has 1 aromatic carbocycles. The Morgan fingerprint density at radius 1 is 1.09 bits per heavy atom. The zero-order chi connectivity index (χ0) is 15.2. The third-order valence-corrected chi connectivity index (χ3v) is 5.55. The minimum absolute atomic E-state index is 0.596. The summed E-state index contributed by atoms with van der Waals surface area (Å²) in [6, 6.07) is 8.19. The minimum atomic E-state index is 0.596. The molecule has 1 aliphatic rings. The molecular formula is C17H17N5S. The number of nitrogens with one attached hydrogen (secondary N) is 1. The molecule has 1 saturated heterocycles. The lowest BCUT2D eigenvalue weighted by molar-refractivity contribution is 0.454. The highest BCUT2D eigenvalue weighted by atomic mass is 32.1. The van der Waals surface area contributed by atoms with E-state index < -0.39 is 0 Å². The number of hydrogen-bond donors (Lipinski definition) is 1. The normalized spacial score (nSPS) is 16.5. The number of fused-ring (bicyclic) bond motifs is 2. The number of nitrogens with zero attached hydrogens (tertiary/aromatic N) is 4. The van der Waals surface area contributed by atoms with E-state index in [0.717, 1.165) is 34.0 Å². The van der Waals surface area contributed by atoms with E-state index >= 15 is 0 Å². The molecule has 116 valence electrons. The molecule has 0 radical (unpaired) electrons. The SMILES string of the molecule is c1ccc2nn(-c3cn4cc(C5CCNCC5)nc4s3)cc2c1.